The SMILES string of the molecule is CN1[C@H](c2ccccc2)C(C#Cc2ccccc2)=C(c2ccccc2)[C@H]1c1ccccc1. The first-order chi connectivity index (χ1) is 15.8. The van der Waals surface area contributed by atoms with Crippen molar-refractivity contribution in [2.45, 2.75) is 12.1 Å². The van der Waals surface area contributed by atoms with Crippen LogP contribution >= 0.6 is 0 Å². The molecule has 5 rings (SSSR count). The van der Waals surface area contributed by atoms with Crippen LogP contribution in [0.5, 0.6) is 0 Å². The van der Waals surface area contributed by atoms with E-state index in [2.05, 4.69) is 127 Å². The number of likely N-dealkylation sites (N-methyl/N-ethyl adjacent to an activating group) is 1. The highest BCUT2D eigenvalue weighted by Gasteiger charge is 2.39. The summed E-state index contributed by atoms with van der Waals surface area (Å²) < 4.78 is 0. The fraction of sp³-hybridized carbons (Fsp3) is 0.0968. The second kappa shape index (κ2) is 9.10. The average molecular weight is 412 g/mol. The number of hydrogen-bond donors (Lipinski definition) is 0. The van der Waals surface area contributed by atoms with E-state index in [4.69, 9.17) is 0 Å². The van der Waals surface area contributed by atoms with Crippen molar-refractivity contribution in [2.24, 2.45) is 0 Å². The molecule has 154 valence electrons. The zero-order valence-electron chi connectivity index (χ0n) is 18.1. The van der Waals surface area contributed by atoms with Crippen LogP contribution in [0.1, 0.15) is 34.3 Å². The highest BCUT2D eigenvalue weighted by molar-refractivity contribution is 5.81. The molecule has 2 atom stereocenters. The van der Waals surface area contributed by atoms with Crippen molar-refractivity contribution in [3.63, 3.8) is 0 Å². The lowest BCUT2D eigenvalue weighted by atomic mass is 9.90. The Balaban J connectivity index is 1.76. The van der Waals surface area contributed by atoms with E-state index < -0.39 is 0 Å². The van der Waals surface area contributed by atoms with Gasteiger partial charge in [0.1, 0.15) is 0 Å². The van der Waals surface area contributed by atoms with Gasteiger partial charge in [-0.05, 0) is 41.4 Å². The highest BCUT2D eigenvalue weighted by Crippen LogP contribution is 2.50. The van der Waals surface area contributed by atoms with E-state index in [1.165, 1.54) is 27.8 Å². The van der Waals surface area contributed by atoms with Gasteiger partial charge in [0, 0.05) is 11.1 Å². The molecule has 0 amide bonds. The molecule has 1 nitrogen and oxygen atoms in total. The first-order valence-corrected chi connectivity index (χ1v) is 11.0. The topological polar surface area (TPSA) is 3.24 Å². The van der Waals surface area contributed by atoms with Crippen molar-refractivity contribution in [2.75, 3.05) is 7.05 Å². The molecule has 0 spiro atoms. The van der Waals surface area contributed by atoms with Crippen molar-refractivity contribution in [1.82, 2.24) is 4.90 Å². The Hall–Kier alpha value is -3.86. The van der Waals surface area contributed by atoms with E-state index in [1.807, 2.05) is 18.2 Å². The maximum Gasteiger partial charge on any atom is 0.0690 e. The zero-order valence-corrected chi connectivity index (χ0v) is 18.1. The van der Waals surface area contributed by atoms with Gasteiger partial charge in [-0.15, -0.1) is 0 Å². The third-order valence-electron chi connectivity index (χ3n) is 6.08. The van der Waals surface area contributed by atoms with Crippen LogP contribution in [0.25, 0.3) is 5.57 Å². The Morgan fingerprint density at radius 2 is 1.00 bits per heavy atom. The molecule has 0 aromatic heterocycles. The Morgan fingerprint density at radius 1 is 0.531 bits per heavy atom. The molecule has 0 N–H and O–H groups in total. The largest absolute Gasteiger partial charge is 0.284 e. The Morgan fingerprint density at radius 3 is 1.56 bits per heavy atom. The highest BCUT2D eigenvalue weighted by atomic mass is 15.2. The van der Waals surface area contributed by atoms with E-state index in [1.54, 1.807) is 0 Å². The molecule has 0 aliphatic carbocycles. The average Bonchev–Trinajstić information content (AvgIpc) is 3.16. The smallest absolute Gasteiger partial charge is 0.0690 e. The van der Waals surface area contributed by atoms with Crippen LogP contribution in [0.4, 0.5) is 0 Å². The number of rotatable bonds is 3. The van der Waals surface area contributed by atoms with Gasteiger partial charge in [-0.25, -0.2) is 0 Å². The van der Waals surface area contributed by atoms with Gasteiger partial charge in [-0.3, -0.25) is 4.90 Å². The summed E-state index contributed by atoms with van der Waals surface area (Å²) in [5.41, 5.74) is 7.26. The van der Waals surface area contributed by atoms with E-state index in [0.29, 0.717) is 0 Å². The van der Waals surface area contributed by atoms with Gasteiger partial charge in [0.05, 0.1) is 12.1 Å². The van der Waals surface area contributed by atoms with Crippen molar-refractivity contribution in [3.05, 3.63) is 149 Å². The molecule has 32 heavy (non-hydrogen) atoms. The summed E-state index contributed by atoms with van der Waals surface area (Å²) in [6.07, 6.45) is 0. The molecule has 0 radical (unpaired) electrons. The maximum absolute atomic E-state index is 3.61. The molecule has 1 aliphatic rings. The minimum absolute atomic E-state index is 0.0906. The molecule has 4 aromatic carbocycles. The van der Waals surface area contributed by atoms with Crippen molar-refractivity contribution >= 4 is 5.57 Å². The van der Waals surface area contributed by atoms with Crippen molar-refractivity contribution in [1.29, 1.82) is 0 Å². The van der Waals surface area contributed by atoms with Gasteiger partial charge in [0.15, 0.2) is 0 Å². The molecular weight excluding hydrogens is 386 g/mol. The monoisotopic (exact) mass is 411 g/mol. The Bertz CT molecular complexity index is 1260. The van der Waals surface area contributed by atoms with Gasteiger partial charge in [0.25, 0.3) is 0 Å². The first-order valence-electron chi connectivity index (χ1n) is 11.0. The summed E-state index contributed by atoms with van der Waals surface area (Å²) in [5.74, 6) is 7.06. The van der Waals surface area contributed by atoms with E-state index in [-0.39, 0.29) is 12.1 Å². The minimum atomic E-state index is 0.0906. The summed E-state index contributed by atoms with van der Waals surface area (Å²) in [7, 11) is 2.22. The molecule has 0 saturated carbocycles. The third kappa shape index (κ3) is 3.89. The molecule has 0 saturated heterocycles. The Labute approximate surface area is 190 Å². The minimum Gasteiger partial charge on any atom is -0.284 e. The molecule has 1 heterocycles. The van der Waals surface area contributed by atoms with E-state index >= 15 is 0 Å². The standard InChI is InChI=1S/C31H25N/c1-32-30(26-18-10-4-11-19-26)28(23-22-24-14-6-2-7-15-24)29(25-16-8-3-9-17-25)31(32)27-20-12-5-13-21-27/h2-21,30-31H,1H3/t30-,31-/m1/s1. The second-order valence-corrected chi connectivity index (χ2v) is 8.10. The molecule has 4 aromatic rings. The van der Waals surface area contributed by atoms with Gasteiger partial charge in [-0.2, -0.15) is 0 Å². The fourth-order valence-corrected chi connectivity index (χ4v) is 4.65. The summed E-state index contributed by atoms with van der Waals surface area (Å²) in [4.78, 5) is 2.46. The van der Waals surface area contributed by atoms with Gasteiger partial charge < -0.3 is 0 Å². The second-order valence-electron chi connectivity index (χ2n) is 8.10. The van der Waals surface area contributed by atoms with Crippen LogP contribution in [0.2, 0.25) is 0 Å². The van der Waals surface area contributed by atoms with Gasteiger partial charge >= 0.3 is 0 Å². The van der Waals surface area contributed by atoms with Gasteiger partial charge in [0.2, 0.25) is 0 Å². The molecule has 1 aliphatic heterocycles. The predicted octanol–water partition coefficient (Wildman–Crippen LogP) is 6.92. The van der Waals surface area contributed by atoms with Crippen LogP contribution in [0.3, 0.4) is 0 Å². The zero-order chi connectivity index (χ0) is 21.8. The van der Waals surface area contributed by atoms with E-state index in [9.17, 15) is 0 Å². The normalized spacial score (nSPS) is 18.3. The molecule has 1 heteroatoms. The summed E-state index contributed by atoms with van der Waals surface area (Å²) in [6, 6.07) is 42.7. The first kappa shape index (κ1) is 20.1. The molecular formula is C31H25N. The summed E-state index contributed by atoms with van der Waals surface area (Å²) in [5, 5.41) is 0. The summed E-state index contributed by atoms with van der Waals surface area (Å²) in [6.45, 7) is 0. The van der Waals surface area contributed by atoms with Crippen LogP contribution in [-0.4, -0.2) is 11.9 Å². The number of nitrogens with zero attached hydrogens (tertiary/aromatic N) is 1. The lowest BCUT2D eigenvalue weighted by molar-refractivity contribution is 0.265. The molecule has 0 bridgehead atoms. The lowest BCUT2D eigenvalue weighted by Crippen LogP contribution is -2.24. The van der Waals surface area contributed by atoms with Crippen LogP contribution in [0.15, 0.2) is 127 Å². The number of hydrogen-bond acceptors (Lipinski definition) is 1. The molecule has 0 fully saturated rings. The number of benzene rings is 4. The van der Waals surface area contributed by atoms with Crippen molar-refractivity contribution < 1.29 is 0 Å². The molecule has 0 unspecified atom stereocenters. The van der Waals surface area contributed by atoms with Crippen LogP contribution in [0, 0.1) is 11.8 Å². The van der Waals surface area contributed by atoms with Crippen molar-refractivity contribution in [3.8, 4) is 11.8 Å². The Kier molecular flexibility index (Phi) is 5.71. The van der Waals surface area contributed by atoms with Crippen LogP contribution in [-0.2, 0) is 0 Å². The van der Waals surface area contributed by atoms with Crippen LogP contribution < -0.4 is 0 Å². The van der Waals surface area contributed by atoms with Gasteiger partial charge in [-0.1, -0.05) is 121 Å². The summed E-state index contributed by atoms with van der Waals surface area (Å²) >= 11 is 0. The lowest BCUT2D eigenvalue weighted by Gasteiger charge is -2.28. The third-order valence-corrected chi connectivity index (χ3v) is 6.08. The predicted molar refractivity (Wildman–Crippen MR) is 133 cm³/mol. The maximum atomic E-state index is 3.61. The fourth-order valence-electron chi connectivity index (χ4n) is 4.65. The van der Waals surface area contributed by atoms with E-state index in [0.717, 1.165) is 5.56 Å². The quantitative estimate of drug-likeness (QED) is 0.331.